The second-order valence-electron chi connectivity index (χ2n) is 6.57. The smallest absolute Gasteiger partial charge is 0.263 e. The highest BCUT2D eigenvalue weighted by Crippen LogP contribution is 2.34. The van der Waals surface area contributed by atoms with E-state index in [0.717, 1.165) is 16.3 Å². The Morgan fingerprint density at radius 3 is 2.79 bits per heavy atom. The molecule has 1 unspecified atom stereocenters. The second kappa shape index (κ2) is 8.31. The van der Waals surface area contributed by atoms with Gasteiger partial charge in [-0.05, 0) is 55.8 Å². The standard InChI is InChI=1S/C21H19ClN2O4S/c1-12(14-3-8-17-18(9-14)28-11-27-17)24-21(25)20-13(2)23-19(29-20)10-26-16-6-4-15(22)5-7-16/h3-9,12H,10-11H2,1-2H3,(H,24,25). The van der Waals surface area contributed by atoms with Crippen LogP contribution in [0.1, 0.15) is 38.9 Å². The second-order valence-corrected chi connectivity index (χ2v) is 8.09. The van der Waals surface area contributed by atoms with Crippen LogP contribution in [0.3, 0.4) is 0 Å². The summed E-state index contributed by atoms with van der Waals surface area (Å²) in [6, 6.07) is 12.6. The minimum atomic E-state index is -0.188. The maximum Gasteiger partial charge on any atom is 0.263 e. The van der Waals surface area contributed by atoms with Gasteiger partial charge < -0.3 is 19.5 Å². The fourth-order valence-electron chi connectivity index (χ4n) is 2.93. The molecule has 150 valence electrons. The molecule has 1 amide bonds. The summed E-state index contributed by atoms with van der Waals surface area (Å²) in [5.41, 5.74) is 1.62. The van der Waals surface area contributed by atoms with Crippen molar-refractivity contribution in [3.05, 3.63) is 68.6 Å². The number of thiazole rings is 1. The predicted octanol–water partition coefficient (Wildman–Crippen LogP) is 4.90. The Morgan fingerprint density at radius 1 is 1.24 bits per heavy atom. The van der Waals surface area contributed by atoms with E-state index in [1.807, 2.05) is 32.0 Å². The molecular weight excluding hydrogens is 412 g/mol. The zero-order valence-corrected chi connectivity index (χ0v) is 17.5. The van der Waals surface area contributed by atoms with E-state index in [2.05, 4.69) is 10.3 Å². The number of nitrogens with one attached hydrogen (secondary N) is 1. The van der Waals surface area contributed by atoms with Gasteiger partial charge in [0, 0.05) is 5.02 Å². The van der Waals surface area contributed by atoms with Gasteiger partial charge in [0.15, 0.2) is 11.5 Å². The molecule has 8 heteroatoms. The zero-order valence-electron chi connectivity index (χ0n) is 15.9. The third kappa shape index (κ3) is 4.46. The summed E-state index contributed by atoms with van der Waals surface area (Å²) >= 11 is 7.21. The number of ether oxygens (including phenoxy) is 3. The van der Waals surface area contributed by atoms with Crippen LogP contribution < -0.4 is 19.5 Å². The quantitative estimate of drug-likeness (QED) is 0.602. The highest BCUT2D eigenvalue weighted by molar-refractivity contribution is 7.13. The van der Waals surface area contributed by atoms with Crippen molar-refractivity contribution >= 4 is 28.8 Å². The Hall–Kier alpha value is -2.77. The van der Waals surface area contributed by atoms with E-state index in [0.29, 0.717) is 27.1 Å². The molecule has 29 heavy (non-hydrogen) atoms. The summed E-state index contributed by atoms with van der Waals surface area (Å²) in [5, 5.41) is 4.40. The fraction of sp³-hybridized carbons (Fsp3) is 0.238. The van der Waals surface area contributed by atoms with E-state index in [4.69, 9.17) is 25.8 Å². The van der Waals surface area contributed by atoms with E-state index in [1.165, 1.54) is 11.3 Å². The van der Waals surface area contributed by atoms with Crippen molar-refractivity contribution < 1.29 is 19.0 Å². The summed E-state index contributed by atoms with van der Waals surface area (Å²) in [6.45, 7) is 4.26. The van der Waals surface area contributed by atoms with Gasteiger partial charge in [0.1, 0.15) is 22.2 Å². The van der Waals surface area contributed by atoms with E-state index in [-0.39, 0.29) is 25.3 Å². The van der Waals surface area contributed by atoms with Crippen molar-refractivity contribution in [1.29, 1.82) is 0 Å². The number of fused-ring (bicyclic) bond motifs is 1. The van der Waals surface area contributed by atoms with Crippen LogP contribution >= 0.6 is 22.9 Å². The molecule has 1 atom stereocenters. The molecule has 2 aromatic carbocycles. The van der Waals surface area contributed by atoms with Gasteiger partial charge in [-0.25, -0.2) is 4.98 Å². The average Bonchev–Trinajstić information content (AvgIpc) is 3.33. The maximum absolute atomic E-state index is 12.8. The summed E-state index contributed by atoms with van der Waals surface area (Å²) in [6.07, 6.45) is 0. The van der Waals surface area contributed by atoms with Crippen molar-refractivity contribution in [3.8, 4) is 17.2 Å². The lowest BCUT2D eigenvalue weighted by atomic mass is 10.1. The Kier molecular flexibility index (Phi) is 5.60. The Balaban J connectivity index is 1.40. The normalized spacial score (nSPS) is 13.2. The van der Waals surface area contributed by atoms with Crippen LogP contribution in [-0.4, -0.2) is 17.7 Å². The molecule has 1 N–H and O–H groups in total. The van der Waals surface area contributed by atoms with Gasteiger partial charge in [0.05, 0.1) is 11.7 Å². The lowest BCUT2D eigenvalue weighted by Gasteiger charge is -2.14. The molecule has 2 heterocycles. The van der Waals surface area contributed by atoms with E-state index in [1.54, 1.807) is 24.3 Å². The number of carbonyl (C=O) groups is 1. The zero-order chi connectivity index (χ0) is 20.4. The number of halogens is 1. The summed E-state index contributed by atoms with van der Waals surface area (Å²) in [5.74, 6) is 1.95. The van der Waals surface area contributed by atoms with E-state index < -0.39 is 0 Å². The molecule has 1 aliphatic rings. The number of hydrogen-bond donors (Lipinski definition) is 1. The predicted molar refractivity (Wildman–Crippen MR) is 111 cm³/mol. The third-order valence-electron chi connectivity index (χ3n) is 4.47. The molecular formula is C21H19ClN2O4S. The van der Waals surface area contributed by atoms with Crippen molar-refractivity contribution in [2.75, 3.05) is 6.79 Å². The van der Waals surface area contributed by atoms with Gasteiger partial charge in [-0.1, -0.05) is 17.7 Å². The highest BCUT2D eigenvalue weighted by atomic mass is 35.5. The van der Waals surface area contributed by atoms with Crippen molar-refractivity contribution in [1.82, 2.24) is 10.3 Å². The molecule has 4 rings (SSSR count). The minimum Gasteiger partial charge on any atom is -0.486 e. The van der Waals surface area contributed by atoms with E-state index >= 15 is 0 Å². The first-order valence-corrected chi connectivity index (χ1v) is 10.2. The number of amides is 1. The van der Waals surface area contributed by atoms with Crippen LogP contribution in [0.25, 0.3) is 0 Å². The van der Waals surface area contributed by atoms with Gasteiger partial charge in [-0.3, -0.25) is 4.79 Å². The van der Waals surface area contributed by atoms with Gasteiger partial charge >= 0.3 is 0 Å². The third-order valence-corrected chi connectivity index (χ3v) is 5.85. The molecule has 0 fully saturated rings. The molecule has 1 aromatic heterocycles. The average molecular weight is 431 g/mol. The lowest BCUT2D eigenvalue weighted by Crippen LogP contribution is -2.26. The molecule has 0 spiro atoms. The van der Waals surface area contributed by atoms with Crippen LogP contribution in [0.2, 0.25) is 5.02 Å². The Bertz CT molecular complexity index is 1040. The van der Waals surface area contributed by atoms with Crippen LogP contribution in [-0.2, 0) is 6.61 Å². The van der Waals surface area contributed by atoms with Gasteiger partial charge in [0.25, 0.3) is 5.91 Å². The molecule has 6 nitrogen and oxygen atoms in total. The molecule has 0 saturated carbocycles. The van der Waals surface area contributed by atoms with Gasteiger partial charge in [0.2, 0.25) is 6.79 Å². The summed E-state index contributed by atoms with van der Waals surface area (Å²) in [7, 11) is 0. The van der Waals surface area contributed by atoms with Crippen LogP contribution in [0.15, 0.2) is 42.5 Å². The van der Waals surface area contributed by atoms with Crippen molar-refractivity contribution in [2.24, 2.45) is 0 Å². The first kappa shape index (κ1) is 19.5. The highest BCUT2D eigenvalue weighted by Gasteiger charge is 2.20. The number of hydrogen-bond acceptors (Lipinski definition) is 6. The SMILES string of the molecule is Cc1nc(COc2ccc(Cl)cc2)sc1C(=O)NC(C)c1ccc2c(c1)OCO2. The number of aryl methyl sites for hydroxylation is 1. The van der Waals surface area contributed by atoms with Crippen LogP contribution in [0, 0.1) is 6.92 Å². The van der Waals surface area contributed by atoms with Crippen LogP contribution in [0.4, 0.5) is 0 Å². The Morgan fingerprint density at radius 2 is 2.00 bits per heavy atom. The number of carbonyl (C=O) groups excluding carboxylic acids is 1. The number of rotatable bonds is 6. The molecule has 0 bridgehead atoms. The molecule has 0 radical (unpaired) electrons. The molecule has 1 aliphatic heterocycles. The first-order chi connectivity index (χ1) is 14.0. The molecule has 3 aromatic rings. The minimum absolute atomic E-state index is 0.164. The number of aromatic nitrogens is 1. The number of nitrogens with zero attached hydrogens (tertiary/aromatic N) is 1. The largest absolute Gasteiger partial charge is 0.486 e. The summed E-state index contributed by atoms with van der Waals surface area (Å²) < 4.78 is 16.5. The Labute approximate surface area is 177 Å². The molecule has 0 saturated heterocycles. The first-order valence-electron chi connectivity index (χ1n) is 9.04. The van der Waals surface area contributed by atoms with Crippen molar-refractivity contribution in [2.45, 2.75) is 26.5 Å². The van der Waals surface area contributed by atoms with E-state index in [9.17, 15) is 4.79 Å². The van der Waals surface area contributed by atoms with Gasteiger partial charge in [-0.15, -0.1) is 11.3 Å². The van der Waals surface area contributed by atoms with Gasteiger partial charge in [-0.2, -0.15) is 0 Å². The molecule has 0 aliphatic carbocycles. The van der Waals surface area contributed by atoms with Crippen LogP contribution in [0.5, 0.6) is 17.2 Å². The lowest BCUT2D eigenvalue weighted by molar-refractivity contribution is 0.0943. The summed E-state index contributed by atoms with van der Waals surface area (Å²) in [4.78, 5) is 17.8. The topological polar surface area (TPSA) is 69.7 Å². The monoisotopic (exact) mass is 430 g/mol. The van der Waals surface area contributed by atoms with Crippen molar-refractivity contribution in [3.63, 3.8) is 0 Å². The fourth-order valence-corrected chi connectivity index (χ4v) is 3.94. The number of benzene rings is 2. The maximum atomic E-state index is 12.8.